The summed E-state index contributed by atoms with van der Waals surface area (Å²) in [6.45, 7) is 4.31. The average molecular weight is 557 g/mol. The summed E-state index contributed by atoms with van der Waals surface area (Å²) in [5, 5.41) is 23.6. The molecule has 4 aromatic rings. The Balaban J connectivity index is 0.000000248. The van der Waals surface area contributed by atoms with Crippen LogP contribution in [0, 0.1) is 10.7 Å². The maximum atomic E-state index is 10.8. The Kier molecular flexibility index (Phi) is 10.2. The van der Waals surface area contributed by atoms with Crippen molar-refractivity contribution in [2.75, 3.05) is 11.9 Å². The summed E-state index contributed by atoms with van der Waals surface area (Å²) < 4.78 is 10.9. The molecule has 0 saturated carbocycles. The minimum atomic E-state index is -1.03. The lowest BCUT2D eigenvalue weighted by atomic mass is 10.3. The summed E-state index contributed by atoms with van der Waals surface area (Å²) in [6, 6.07) is 17.3. The molecule has 1 aromatic heterocycles. The number of hydrogen-bond acceptors (Lipinski definition) is 8. The average Bonchev–Trinajstić information content (AvgIpc) is 2.87. The van der Waals surface area contributed by atoms with Crippen LogP contribution in [-0.4, -0.2) is 33.7 Å². The highest BCUT2D eigenvalue weighted by Gasteiger charge is 2.12. The molecule has 0 unspecified atom stereocenters. The molecule has 0 bridgehead atoms. The first kappa shape index (κ1) is 27.9. The number of ether oxygens (including phenoxy) is 2. The zero-order valence-corrected chi connectivity index (χ0v) is 22.1. The van der Waals surface area contributed by atoms with Crippen molar-refractivity contribution in [3.05, 3.63) is 76.9 Å². The summed E-state index contributed by atoms with van der Waals surface area (Å²) in [7, 11) is 0. The highest BCUT2D eigenvalue weighted by atomic mass is 35.5. The van der Waals surface area contributed by atoms with Gasteiger partial charge in [-0.2, -0.15) is 5.26 Å². The number of aromatic nitrogens is 2. The van der Waals surface area contributed by atoms with Crippen LogP contribution in [0.25, 0.3) is 11.0 Å². The van der Waals surface area contributed by atoms with Crippen LogP contribution in [0.4, 0.5) is 5.69 Å². The molecule has 0 saturated heterocycles. The van der Waals surface area contributed by atoms with Crippen LogP contribution < -0.4 is 14.8 Å². The Morgan fingerprint density at radius 2 is 1.84 bits per heavy atom. The molecule has 1 heterocycles. The molecular weight excluding hydrogens is 535 g/mol. The maximum absolute atomic E-state index is 10.8. The van der Waals surface area contributed by atoms with Crippen molar-refractivity contribution in [3.8, 4) is 22.8 Å². The fourth-order valence-electron chi connectivity index (χ4n) is 2.92. The van der Waals surface area contributed by atoms with Crippen LogP contribution in [0.3, 0.4) is 0 Å². The van der Waals surface area contributed by atoms with Gasteiger partial charge in [-0.15, -0.1) is 0 Å². The molecular formula is C26H22Cl2N4O4S. The van der Waals surface area contributed by atoms with Gasteiger partial charge in [-0.1, -0.05) is 23.2 Å². The van der Waals surface area contributed by atoms with E-state index in [-0.39, 0.29) is 0 Å². The molecule has 190 valence electrons. The molecule has 0 radical (unpaired) electrons. The smallest absolute Gasteiger partial charge is 0.344 e. The molecule has 1 atom stereocenters. The number of carboxylic acids is 1. The van der Waals surface area contributed by atoms with Crippen molar-refractivity contribution in [1.82, 2.24) is 9.97 Å². The fourth-order valence-corrected chi connectivity index (χ4v) is 3.82. The first-order chi connectivity index (χ1) is 17.8. The monoisotopic (exact) mass is 556 g/mol. The highest BCUT2D eigenvalue weighted by molar-refractivity contribution is 8.03. The van der Waals surface area contributed by atoms with Gasteiger partial charge < -0.3 is 19.9 Å². The van der Waals surface area contributed by atoms with Gasteiger partial charge in [0.2, 0.25) is 5.88 Å². The summed E-state index contributed by atoms with van der Waals surface area (Å²) in [4.78, 5) is 20.2. The van der Waals surface area contributed by atoms with Gasteiger partial charge in [-0.05, 0) is 86.3 Å². The Morgan fingerprint density at radius 1 is 1.11 bits per heavy atom. The van der Waals surface area contributed by atoms with Gasteiger partial charge in [0.05, 0.1) is 27.9 Å². The van der Waals surface area contributed by atoms with Crippen molar-refractivity contribution in [2.24, 2.45) is 0 Å². The van der Waals surface area contributed by atoms with Gasteiger partial charge >= 0.3 is 5.97 Å². The number of carbonyl (C=O) groups is 1. The van der Waals surface area contributed by atoms with E-state index in [1.54, 1.807) is 48.5 Å². The molecule has 0 amide bonds. The maximum Gasteiger partial charge on any atom is 0.344 e. The zero-order valence-electron chi connectivity index (χ0n) is 19.8. The molecule has 2 N–H and O–H groups in total. The van der Waals surface area contributed by atoms with E-state index in [1.807, 2.05) is 24.5 Å². The van der Waals surface area contributed by atoms with E-state index in [9.17, 15) is 4.79 Å². The van der Waals surface area contributed by atoms with E-state index in [2.05, 4.69) is 15.3 Å². The van der Waals surface area contributed by atoms with Crippen LogP contribution in [0.5, 0.6) is 17.4 Å². The summed E-state index contributed by atoms with van der Waals surface area (Å²) >= 11 is 13.0. The van der Waals surface area contributed by atoms with Crippen molar-refractivity contribution in [2.45, 2.75) is 24.8 Å². The van der Waals surface area contributed by atoms with E-state index in [0.717, 1.165) is 28.9 Å². The van der Waals surface area contributed by atoms with Gasteiger partial charge in [-0.25, -0.2) is 14.8 Å². The van der Waals surface area contributed by atoms with Crippen LogP contribution in [0.15, 0.2) is 71.8 Å². The lowest BCUT2D eigenvalue weighted by Crippen LogP contribution is -2.22. The van der Waals surface area contributed by atoms with Gasteiger partial charge in [-0.3, -0.25) is 0 Å². The standard InChI is InChI=1S/C17H13ClN2O4.C9H9ClN2S/c1-10(17(21)22)23-12-3-5-13(6-4-12)24-16-9-19-15-8-11(18)2-7-14(15)20-16;1-2-12-9-4-3-7(13-6-11)5-8(9)10/h2-10H,1H3,(H,21,22);3-5,12H,2H2,1H3/t10-;/m1./s1. The molecule has 0 aliphatic heterocycles. The SMILES string of the molecule is CCNc1ccc(SC#N)cc1Cl.C[C@@H](Oc1ccc(Oc2cnc3cc(Cl)ccc3n2)cc1)C(=O)O. The molecule has 4 rings (SSSR count). The second-order valence-electron chi connectivity index (χ2n) is 7.38. The fraction of sp³-hybridized carbons (Fsp3) is 0.154. The van der Waals surface area contributed by atoms with Gasteiger partial charge in [0, 0.05) is 16.5 Å². The second kappa shape index (κ2) is 13.6. The van der Waals surface area contributed by atoms with E-state index >= 15 is 0 Å². The molecule has 11 heteroatoms. The predicted molar refractivity (Wildman–Crippen MR) is 146 cm³/mol. The number of halogens is 2. The van der Waals surface area contributed by atoms with Gasteiger partial charge in [0.1, 0.15) is 16.9 Å². The normalized spacial score (nSPS) is 11.0. The molecule has 3 aromatic carbocycles. The number of anilines is 1. The van der Waals surface area contributed by atoms with Crippen LogP contribution >= 0.6 is 35.0 Å². The number of carboxylic acid groups (broad SMARTS) is 1. The number of thiocyanates is 1. The molecule has 8 nitrogen and oxygen atoms in total. The van der Waals surface area contributed by atoms with Crippen LogP contribution in [0.2, 0.25) is 10.0 Å². The summed E-state index contributed by atoms with van der Waals surface area (Å²) in [5.41, 5.74) is 2.26. The number of rotatable bonds is 8. The number of nitrogens with zero attached hydrogens (tertiary/aromatic N) is 3. The van der Waals surface area contributed by atoms with Crippen molar-refractivity contribution in [3.63, 3.8) is 0 Å². The minimum Gasteiger partial charge on any atom is -0.479 e. The number of fused-ring (bicyclic) bond motifs is 1. The molecule has 0 spiro atoms. The third-order valence-electron chi connectivity index (χ3n) is 4.66. The Bertz CT molecular complexity index is 1410. The molecule has 0 aliphatic carbocycles. The molecule has 0 fully saturated rings. The van der Waals surface area contributed by atoms with Crippen molar-refractivity contribution in [1.29, 1.82) is 5.26 Å². The third-order valence-corrected chi connectivity index (χ3v) is 5.79. The number of benzene rings is 3. The van der Waals surface area contributed by atoms with Gasteiger partial charge in [0.25, 0.3) is 0 Å². The first-order valence-corrected chi connectivity index (χ1v) is 12.5. The van der Waals surface area contributed by atoms with Crippen LogP contribution in [-0.2, 0) is 4.79 Å². The van der Waals surface area contributed by atoms with E-state index in [1.165, 1.54) is 13.1 Å². The lowest BCUT2D eigenvalue weighted by molar-refractivity contribution is -0.144. The minimum absolute atomic E-state index is 0.345. The highest BCUT2D eigenvalue weighted by Crippen LogP contribution is 2.28. The molecule has 0 aliphatic rings. The van der Waals surface area contributed by atoms with E-state index in [4.69, 9.17) is 43.0 Å². The quantitative estimate of drug-likeness (QED) is 0.170. The van der Waals surface area contributed by atoms with Crippen molar-refractivity contribution < 1.29 is 19.4 Å². The summed E-state index contributed by atoms with van der Waals surface area (Å²) in [6.07, 6.45) is 0.588. The number of thioether (sulfide) groups is 1. The Labute approximate surface area is 228 Å². The van der Waals surface area contributed by atoms with Crippen molar-refractivity contribution >= 4 is 57.7 Å². The molecule has 37 heavy (non-hydrogen) atoms. The number of nitriles is 1. The van der Waals surface area contributed by atoms with E-state index < -0.39 is 12.1 Å². The largest absolute Gasteiger partial charge is 0.479 e. The predicted octanol–water partition coefficient (Wildman–Crippen LogP) is 7.27. The first-order valence-electron chi connectivity index (χ1n) is 11.0. The Hall–Kier alpha value is -3.71. The van der Waals surface area contributed by atoms with E-state index in [0.29, 0.717) is 38.5 Å². The second-order valence-corrected chi connectivity index (χ2v) is 9.08. The number of aliphatic carboxylic acids is 1. The number of nitrogens with one attached hydrogen (secondary N) is 1. The third kappa shape index (κ3) is 8.43. The lowest BCUT2D eigenvalue weighted by Gasteiger charge is -2.11. The van der Waals surface area contributed by atoms with Gasteiger partial charge in [0.15, 0.2) is 6.10 Å². The summed E-state index contributed by atoms with van der Waals surface area (Å²) in [5.74, 6) is 0.295. The number of hydrogen-bond donors (Lipinski definition) is 2. The van der Waals surface area contributed by atoms with Crippen LogP contribution in [0.1, 0.15) is 13.8 Å². The zero-order chi connectivity index (χ0) is 26.8. The Morgan fingerprint density at radius 3 is 2.49 bits per heavy atom. The topological polar surface area (TPSA) is 117 Å².